The number of hydrogen-bond donors (Lipinski definition) is 1. The molecule has 1 aliphatic carbocycles. The van der Waals surface area contributed by atoms with E-state index in [1.807, 2.05) is 12.1 Å². The molecule has 0 bridgehead atoms. The topological polar surface area (TPSA) is 32.3 Å². The first-order valence-corrected chi connectivity index (χ1v) is 8.22. The molecule has 1 saturated carbocycles. The second kappa shape index (κ2) is 6.18. The van der Waals surface area contributed by atoms with Crippen LogP contribution in [0.25, 0.3) is 0 Å². The van der Waals surface area contributed by atoms with Crippen LogP contribution in [0, 0.1) is 25.7 Å². The molecule has 2 fully saturated rings. The van der Waals surface area contributed by atoms with Crippen LogP contribution < -0.4 is 5.32 Å². The highest BCUT2D eigenvalue weighted by Crippen LogP contribution is 2.35. The molecule has 1 amide bonds. The molecule has 1 heterocycles. The summed E-state index contributed by atoms with van der Waals surface area (Å²) in [5, 5.41) is 3.08. The number of amides is 1. The normalized spacial score (nSPS) is 25.6. The maximum absolute atomic E-state index is 12.3. The largest absolute Gasteiger partial charge is 0.325 e. The fourth-order valence-corrected chi connectivity index (χ4v) is 3.91. The minimum absolute atomic E-state index is 0.127. The highest BCUT2D eigenvalue weighted by molar-refractivity contribution is 5.93. The van der Waals surface area contributed by atoms with Crippen molar-refractivity contribution in [2.45, 2.75) is 39.5 Å². The van der Waals surface area contributed by atoms with Gasteiger partial charge in [-0.1, -0.05) is 25.0 Å². The SMILES string of the molecule is Cc1cccc(NC(=O)CN2CC3CCCCC3C2)c1C. The molecule has 3 heteroatoms. The maximum Gasteiger partial charge on any atom is 0.238 e. The van der Waals surface area contributed by atoms with E-state index in [0.29, 0.717) is 6.54 Å². The van der Waals surface area contributed by atoms with Crippen molar-refractivity contribution in [2.75, 3.05) is 25.0 Å². The van der Waals surface area contributed by atoms with Gasteiger partial charge in [-0.3, -0.25) is 9.69 Å². The Balaban J connectivity index is 1.56. The van der Waals surface area contributed by atoms with E-state index >= 15 is 0 Å². The van der Waals surface area contributed by atoms with Gasteiger partial charge in [0.2, 0.25) is 5.91 Å². The number of carbonyl (C=O) groups is 1. The fraction of sp³-hybridized carbons (Fsp3) is 0.611. The van der Waals surface area contributed by atoms with Gasteiger partial charge in [-0.15, -0.1) is 0 Å². The lowest BCUT2D eigenvalue weighted by Crippen LogP contribution is -2.32. The van der Waals surface area contributed by atoms with Gasteiger partial charge in [-0.25, -0.2) is 0 Å². The zero-order chi connectivity index (χ0) is 14.8. The Bertz CT molecular complexity index is 512. The van der Waals surface area contributed by atoms with E-state index in [4.69, 9.17) is 0 Å². The summed E-state index contributed by atoms with van der Waals surface area (Å²) in [4.78, 5) is 14.6. The van der Waals surface area contributed by atoms with E-state index < -0.39 is 0 Å². The van der Waals surface area contributed by atoms with Crippen LogP contribution in [0.15, 0.2) is 18.2 Å². The minimum Gasteiger partial charge on any atom is -0.325 e. The van der Waals surface area contributed by atoms with Crippen LogP contribution in [-0.4, -0.2) is 30.4 Å². The number of carbonyl (C=O) groups excluding carboxylic acids is 1. The Kier molecular flexibility index (Phi) is 4.29. The lowest BCUT2D eigenvalue weighted by Gasteiger charge is -2.23. The van der Waals surface area contributed by atoms with E-state index in [1.165, 1.54) is 36.8 Å². The molecule has 2 atom stereocenters. The van der Waals surface area contributed by atoms with Gasteiger partial charge in [0.05, 0.1) is 6.54 Å². The monoisotopic (exact) mass is 286 g/mol. The second-order valence-corrected chi connectivity index (χ2v) is 6.79. The molecule has 21 heavy (non-hydrogen) atoms. The lowest BCUT2D eigenvalue weighted by atomic mass is 9.82. The Morgan fingerprint density at radius 3 is 2.52 bits per heavy atom. The summed E-state index contributed by atoms with van der Waals surface area (Å²) in [6.07, 6.45) is 5.48. The Hall–Kier alpha value is -1.35. The first-order chi connectivity index (χ1) is 10.1. The summed E-state index contributed by atoms with van der Waals surface area (Å²) in [5.74, 6) is 1.81. The van der Waals surface area contributed by atoms with Crippen molar-refractivity contribution in [1.82, 2.24) is 4.90 Å². The summed E-state index contributed by atoms with van der Waals surface area (Å²) >= 11 is 0. The quantitative estimate of drug-likeness (QED) is 0.924. The number of nitrogens with one attached hydrogen (secondary N) is 1. The maximum atomic E-state index is 12.3. The molecular weight excluding hydrogens is 260 g/mol. The molecule has 0 aromatic heterocycles. The Morgan fingerprint density at radius 1 is 1.19 bits per heavy atom. The van der Waals surface area contributed by atoms with Gasteiger partial charge in [-0.2, -0.15) is 0 Å². The van der Waals surface area contributed by atoms with Gasteiger partial charge in [0.1, 0.15) is 0 Å². The molecule has 2 unspecified atom stereocenters. The summed E-state index contributed by atoms with van der Waals surface area (Å²) in [5.41, 5.74) is 3.34. The van der Waals surface area contributed by atoms with Gasteiger partial charge in [0.15, 0.2) is 0 Å². The molecule has 0 spiro atoms. The standard InChI is InChI=1S/C18H26N2O/c1-13-6-5-9-17(14(13)2)19-18(21)12-20-10-15-7-3-4-8-16(15)11-20/h5-6,9,15-16H,3-4,7-8,10-12H2,1-2H3,(H,19,21). The van der Waals surface area contributed by atoms with Gasteiger partial charge in [0.25, 0.3) is 0 Å². The average molecular weight is 286 g/mol. The molecule has 1 saturated heterocycles. The second-order valence-electron chi connectivity index (χ2n) is 6.79. The summed E-state index contributed by atoms with van der Waals surface area (Å²) in [6, 6.07) is 6.07. The third kappa shape index (κ3) is 3.29. The van der Waals surface area contributed by atoms with E-state index in [-0.39, 0.29) is 5.91 Å². The van der Waals surface area contributed by atoms with Crippen LogP contribution in [0.5, 0.6) is 0 Å². The number of rotatable bonds is 3. The minimum atomic E-state index is 0.127. The number of nitrogens with zero attached hydrogens (tertiary/aromatic N) is 1. The summed E-state index contributed by atoms with van der Waals surface area (Å²) in [6.45, 7) is 6.92. The Labute approximate surface area is 127 Å². The molecule has 1 aromatic rings. The predicted octanol–water partition coefficient (Wildman–Crippen LogP) is 3.36. The van der Waals surface area contributed by atoms with Crippen LogP contribution >= 0.6 is 0 Å². The molecular formula is C18H26N2O. The summed E-state index contributed by atoms with van der Waals surface area (Å²) in [7, 11) is 0. The smallest absolute Gasteiger partial charge is 0.238 e. The first-order valence-electron chi connectivity index (χ1n) is 8.22. The molecule has 2 aliphatic rings. The molecule has 0 radical (unpaired) electrons. The van der Waals surface area contributed by atoms with Crippen molar-refractivity contribution in [3.05, 3.63) is 29.3 Å². The molecule has 3 rings (SSSR count). The highest BCUT2D eigenvalue weighted by atomic mass is 16.2. The zero-order valence-electron chi connectivity index (χ0n) is 13.2. The average Bonchev–Trinajstić information content (AvgIpc) is 2.86. The van der Waals surface area contributed by atoms with Crippen molar-refractivity contribution in [1.29, 1.82) is 0 Å². The number of fused-ring (bicyclic) bond motifs is 1. The van der Waals surface area contributed by atoms with E-state index in [9.17, 15) is 4.79 Å². The lowest BCUT2D eigenvalue weighted by molar-refractivity contribution is -0.117. The van der Waals surface area contributed by atoms with E-state index in [1.54, 1.807) is 0 Å². The van der Waals surface area contributed by atoms with Gasteiger partial charge >= 0.3 is 0 Å². The zero-order valence-corrected chi connectivity index (χ0v) is 13.2. The van der Waals surface area contributed by atoms with Crippen molar-refractivity contribution in [3.8, 4) is 0 Å². The molecule has 114 valence electrons. The van der Waals surface area contributed by atoms with Crippen molar-refractivity contribution >= 4 is 11.6 Å². The highest BCUT2D eigenvalue weighted by Gasteiger charge is 2.34. The Morgan fingerprint density at radius 2 is 1.86 bits per heavy atom. The van der Waals surface area contributed by atoms with Crippen LogP contribution in [0.1, 0.15) is 36.8 Å². The number of benzene rings is 1. The molecule has 3 nitrogen and oxygen atoms in total. The van der Waals surface area contributed by atoms with Crippen molar-refractivity contribution < 1.29 is 4.79 Å². The van der Waals surface area contributed by atoms with Crippen molar-refractivity contribution in [2.24, 2.45) is 11.8 Å². The number of likely N-dealkylation sites (tertiary alicyclic amines) is 1. The predicted molar refractivity (Wildman–Crippen MR) is 86.4 cm³/mol. The van der Waals surface area contributed by atoms with Crippen LogP contribution in [-0.2, 0) is 4.79 Å². The van der Waals surface area contributed by atoms with Gasteiger partial charge < -0.3 is 5.32 Å². The first kappa shape index (κ1) is 14.6. The third-order valence-corrected chi connectivity index (χ3v) is 5.30. The molecule has 1 aliphatic heterocycles. The van der Waals surface area contributed by atoms with E-state index in [0.717, 1.165) is 30.6 Å². The molecule has 1 aromatic carbocycles. The molecule has 1 N–H and O–H groups in total. The third-order valence-electron chi connectivity index (χ3n) is 5.30. The number of aryl methyl sites for hydroxylation is 1. The van der Waals surface area contributed by atoms with Gasteiger partial charge in [0, 0.05) is 18.8 Å². The number of hydrogen-bond acceptors (Lipinski definition) is 2. The van der Waals surface area contributed by atoms with Crippen LogP contribution in [0.3, 0.4) is 0 Å². The van der Waals surface area contributed by atoms with Crippen LogP contribution in [0.2, 0.25) is 0 Å². The van der Waals surface area contributed by atoms with E-state index in [2.05, 4.69) is 30.1 Å². The summed E-state index contributed by atoms with van der Waals surface area (Å²) < 4.78 is 0. The van der Waals surface area contributed by atoms with Crippen molar-refractivity contribution in [3.63, 3.8) is 0 Å². The van der Waals surface area contributed by atoms with Crippen LogP contribution in [0.4, 0.5) is 5.69 Å². The fourth-order valence-electron chi connectivity index (χ4n) is 3.91. The number of anilines is 1. The van der Waals surface area contributed by atoms with Gasteiger partial charge in [-0.05, 0) is 55.7 Å².